The summed E-state index contributed by atoms with van der Waals surface area (Å²) in [7, 11) is -4.80. The second-order valence-electron chi connectivity index (χ2n) is 14.1. The number of aliphatic hydroxyl groups excluding tert-OH is 2. The van der Waals surface area contributed by atoms with E-state index in [1.807, 2.05) is 43.4 Å². The minimum Gasteiger partial charge on any atom is -0.462 e. The Morgan fingerprint density at radius 1 is 0.630 bits per heavy atom. The largest absolute Gasteiger partial charge is 0.469 e. The van der Waals surface area contributed by atoms with Crippen molar-refractivity contribution >= 4 is 19.8 Å². The molecule has 0 amide bonds. The molecule has 0 aromatic heterocycles. The molecular formula is C43H73O10P. The van der Waals surface area contributed by atoms with E-state index in [4.69, 9.17) is 19.3 Å². The van der Waals surface area contributed by atoms with Gasteiger partial charge in [-0.1, -0.05) is 171 Å². The van der Waals surface area contributed by atoms with Crippen molar-refractivity contribution in [2.75, 3.05) is 13.2 Å². The van der Waals surface area contributed by atoms with Crippen LogP contribution in [0.25, 0.3) is 0 Å². The highest BCUT2D eigenvalue weighted by molar-refractivity contribution is 7.46. The Morgan fingerprint density at radius 2 is 1.15 bits per heavy atom. The number of carbonyl (C=O) groups is 2. The maximum Gasteiger partial charge on any atom is 0.469 e. The Labute approximate surface area is 326 Å². The molecular weight excluding hydrogens is 707 g/mol. The molecule has 0 bridgehead atoms. The first-order chi connectivity index (χ1) is 25.9. The summed E-state index contributed by atoms with van der Waals surface area (Å²) >= 11 is 0. The molecule has 4 N–H and O–H groups in total. The van der Waals surface area contributed by atoms with Crippen LogP contribution in [0.2, 0.25) is 0 Å². The van der Waals surface area contributed by atoms with Crippen molar-refractivity contribution in [1.82, 2.24) is 0 Å². The Kier molecular flexibility index (Phi) is 34.3. The molecule has 0 spiro atoms. The van der Waals surface area contributed by atoms with Crippen LogP contribution in [0.4, 0.5) is 0 Å². The highest BCUT2D eigenvalue weighted by Gasteiger charge is 2.22. The topological polar surface area (TPSA) is 160 Å². The molecule has 0 aromatic carbocycles. The van der Waals surface area contributed by atoms with Crippen LogP contribution in [-0.2, 0) is 28.2 Å². The van der Waals surface area contributed by atoms with Gasteiger partial charge in [-0.25, -0.2) is 4.57 Å². The third-order valence-electron chi connectivity index (χ3n) is 8.35. The molecule has 0 fully saturated rings. The Balaban J connectivity index is 4.19. The summed E-state index contributed by atoms with van der Waals surface area (Å²) in [6.07, 6.45) is 38.5. The normalized spacial score (nSPS) is 14.5. The van der Waals surface area contributed by atoms with Crippen LogP contribution in [0.15, 0.2) is 72.9 Å². The standard InChI is InChI=1S/C43H73O10P/c1-4-5-22-30-39(44)32-25-20-21-26-33-40(45)31-24-17-14-15-18-27-34-42(46)51-36-41(37-52-54(48,49)50)53-43(47)35-28-19-13-11-9-7-6-8-10-12-16-23-29-38(2)3/h5,15,17-18,20-22,24-26,32-33,38-41,44-45H,4,6-14,16,19,23,27-31,34-37H2,1-3H3,(H2,48,49,50)/b18-15-,21-20-,22-5-,24-17-,32-25+,33-26+/t39-,40+,41-/m1/s1. The molecule has 310 valence electrons. The molecule has 0 saturated carbocycles. The van der Waals surface area contributed by atoms with Gasteiger partial charge in [-0.15, -0.1) is 0 Å². The van der Waals surface area contributed by atoms with Gasteiger partial charge in [0.2, 0.25) is 0 Å². The average Bonchev–Trinajstić information content (AvgIpc) is 3.11. The maximum absolute atomic E-state index is 12.4. The summed E-state index contributed by atoms with van der Waals surface area (Å²) in [5, 5.41) is 19.9. The quantitative estimate of drug-likeness (QED) is 0.0160. The van der Waals surface area contributed by atoms with Crippen LogP contribution in [-0.4, -0.2) is 63.5 Å². The predicted molar refractivity (Wildman–Crippen MR) is 219 cm³/mol. The van der Waals surface area contributed by atoms with Crippen LogP contribution in [0.3, 0.4) is 0 Å². The molecule has 0 rings (SSSR count). The summed E-state index contributed by atoms with van der Waals surface area (Å²) in [5.41, 5.74) is 0. The van der Waals surface area contributed by atoms with Crippen LogP contribution in [0, 0.1) is 5.92 Å². The molecule has 10 nitrogen and oxygen atoms in total. The summed E-state index contributed by atoms with van der Waals surface area (Å²) in [5.74, 6) is -0.253. The predicted octanol–water partition coefficient (Wildman–Crippen LogP) is 10.1. The van der Waals surface area contributed by atoms with Gasteiger partial charge in [0.05, 0.1) is 18.8 Å². The molecule has 0 aliphatic rings. The van der Waals surface area contributed by atoms with Gasteiger partial charge in [-0.05, 0) is 44.4 Å². The second-order valence-corrected chi connectivity index (χ2v) is 15.4. The van der Waals surface area contributed by atoms with Gasteiger partial charge in [-0.3, -0.25) is 14.1 Å². The number of hydrogen-bond donors (Lipinski definition) is 4. The third kappa shape index (κ3) is 39.1. The van der Waals surface area contributed by atoms with E-state index in [1.165, 1.54) is 57.8 Å². The van der Waals surface area contributed by atoms with E-state index >= 15 is 0 Å². The number of unbranched alkanes of at least 4 members (excludes halogenated alkanes) is 11. The van der Waals surface area contributed by atoms with Crippen molar-refractivity contribution in [3.05, 3.63) is 72.9 Å². The fraction of sp³-hybridized carbons (Fsp3) is 0.674. The monoisotopic (exact) mass is 780 g/mol. The first-order valence-electron chi connectivity index (χ1n) is 20.3. The number of allylic oxidation sites excluding steroid dienone is 8. The summed E-state index contributed by atoms with van der Waals surface area (Å²) in [4.78, 5) is 42.8. The van der Waals surface area contributed by atoms with Crippen LogP contribution >= 0.6 is 7.82 Å². The average molecular weight is 781 g/mol. The van der Waals surface area contributed by atoms with E-state index in [0.717, 1.165) is 31.6 Å². The van der Waals surface area contributed by atoms with E-state index < -0.39 is 44.7 Å². The lowest BCUT2D eigenvalue weighted by Gasteiger charge is -2.18. The van der Waals surface area contributed by atoms with Gasteiger partial charge >= 0.3 is 19.8 Å². The van der Waals surface area contributed by atoms with Crippen LogP contribution in [0.1, 0.15) is 149 Å². The van der Waals surface area contributed by atoms with Crippen molar-refractivity contribution < 1.29 is 48.2 Å². The van der Waals surface area contributed by atoms with E-state index in [2.05, 4.69) is 18.4 Å². The SMILES string of the molecule is CC/C=C\C[C@@H](O)/C=C/C=C\C=C\[C@@H](O)C/C=C\C/C=C\CCC(=O)OC[C@H](COP(=O)(O)O)OC(=O)CCCCCCCCCCCCCCC(C)C. The molecule has 0 heterocycles. The van der Waals surface area contributed by atoms with Gasteiger partial charge in [0.15, 0.2) is 6.10 Å². The molecule has 54 heavy (non-hydrogen) atoms. The molecule has 0 radical (unpaired) electrons. The Bertz CT molecular complexity index is 1150. The fourth-order valence-corrected chi connectivity index (χ4v) is 5.65. The first-order valence-corrected chi connectivity index (χ1v) is 21.8. The van der Waals surface area contributed by atoms with Crippen LogP contribution in [0.5, 0.6) is 0 Å². The van der Waals surface area contributed by atoms with Gasteiger partial charge < -0.3 is 29.5 Å². The van der Waals surface area contributed by atoms with Crippen molar-refractivity contribution in [3.8, 4) is 0 Å². The molecule has 0 aromatic rings. The molecule has 0 aliphatic carbocycles. The summed E-state index contributed by atoms with van der Waals surface area (Å²) < 4.78 is 26.2. The van der Waals surface area contributed by atoms with Gasteiger partial charge in [0.25, 0.3) is 0 Å². The summed E-state index contributed by atoms with van der Waals surface area (Å²) in [6.45, 7) is 5.65. The van der Waals surface area contributed by atoms with Crippen molar-refractivity contribution in [2.45, 2.75) is 167 Å². The molecule has 0 aliphatic heterocycles. The summed E-state index contributed by atoms with van der Waals surface area (Å²) in [6, 6.07) is 0. The lowest BCUT2D eigenvalue weighted by Crippen LogP contribution is -2.29. The number of hydrogen-bond acceptors (Lipinski definition) is 8. The Hall–Kier alpha value is -2.59. The van der Waals surface area contributed by atoms with Crippen molar-refractivity contribution in [1.29, 1.82) is 0 Å². The molecule has 3 atom stereocenters. The van der Waals surface area contributed by atoms with Crippen LogP contribution < -0.4 is 0 Å². The van der Waals surface area contributed by atoms with E-state index in [9.17, 15) is 24.4 Å². The van der Waals surface area contributed by atoms with E-state index in [-0.39, 0.29) is 19.4 Å². The Morgan fingerprint density at radius 3 is 1.69 bits per heavy atom. The van der Waals surface area contributed by atoms with E-state index in [0.29, 0.717) is 32.1 Å². The fourth-order valence-electron chi connectivity index (χ4n) is 5.29. The highest BCUT2D eigenvalue weighted by Crippen LogP contribution is 2.36. The number of ether oxygens (including phenoxy) is 2. The highest BCUT2D eigenvalue weighted by atomic mass is 31.2. The number of aliphatic hydroxyl groups is 2. The zero-order chi connectivity index (χ0) is 40.1. The minimum absolute atomic E-state index is 0.0831. The zero-order valence-corrected chi connectivity index (χ0v) is 34.4. The number of esters is 2. The number of phosphoric ester groups is 1. The zero-order valence-electron chi connectivity index (χ0n) is 33.5. The number of rotatable bonds is 35. The maximum atomic E-state index is 12.4. The van der Waals surface area contributed by atoms with Gasteiger partial charge in [0, 0.05) is 12.8 Å². The van der Waals surface area contributed by atoms with Crippen molar-refractivity contribution in [2.24, 2.45) is 5.92 Å². The minimum atomic E-state index is -4.80. The molecule has 0 saturated heterocycles. The molecule has 0 unspecified atom stereocenters. The second kappa shape index (κ2) is 36.1. The number of carbonyl (C=O) groups excluding carboxylic acids is 2. The first kappa shape index (κ1) is 51.4. The smallest absolute Gasteiger partial charge is 0.462 e. The number of phosphoric acid groups is 1. The lowest BCUT2D eigenvalue weighted by molar-refractivity contribution is -0.161. The lowest BCUT2D eigenvalue weighted by atomic mass is 10.0. The van der Waals surface area contributed by atoms with E-state index in [1.54, 1.807) is 36.5 Å². The van der Waals surface area contributed by atoms with Gasteiger partial charge in [-0.2, -0.15) is 0 Å². The molecule has 11 heteroatoms. The van der Waals surface area contributed by atoms with Gasteiger partial charge in [0.1, 0.15) is 6.61 Å². The third-order valence-corrected chi connectivity index (χ3v) is 8.83. The van der Waals surface area contributed by atoms with Crippen molar-refractivity contribution in [3.63, 3.8) is 0 Å².